The van der Waals surface area contributed by atoms with Crippen LogP contribution in [0.3, 0.4) is 0 Å². The van der Waals surface area contributed by atoms with Crippen molar-refractivity contribution in [3.05, 3.63) is 18.2 Å². The number of hydrogen-bond acceptors (Lipinski definition) is 3. The highest BCUT2D eigenvalue weighted by molar-refractivity contribution is 5.13. The molecule has 0 amide bonds. The van der Waals surface area contributed by atoms with E-state index in [2.05, 4.69) is 29.8 Å². The van der Waals surface area contributed by atoms with E-state index in [4.69, 9.17) is 5.26 Å². The van der Waals surface area contributed by atoms with Crippen molar-refractivity contribution in [2.24, 2.45) is 7.05 Å². The second-order valence-electron chi connectivity index (χ2n) is 3.18. The number of nitrogens with zero attached hydrogens (tertiary/aromatic N) is 4. The van der Waals surface area contributed by atoms with Crippen molar-refractivity contribution in [3.63, 3.8) is 0 Å². The Morgan fingerprint density at radius 3 is 2.57 bits per heavy atom. The molecule has 0 aliphatic heterocycles. The minimum atomic E-state index is -0.183. The summed E-state index contributed by atoms with van der Waals surface area (Å²) in [6, 6.07) is 2.13. The zero-order valence-corrected chi connectivity index (χ0v) is 8.94. The highest BCUT2D eigenvalue weighted by Crippen LogP contribution is 2.17. The molecule has 0 radical (unpaired) electrons. The molecule has 0 spiro atoms. The summed E-state index contributed by atoms with van der Waals surface area (Å²) >= 11 is 0. The van der Waals surface area contributed by atoms with Crippen LogP contribution in [0.4, 0.5) is 0 Å². The minimum absolute atomic E-state index is 0.183. The highest BCUT2D eigenvalue weighted by Gasteiger charge is 2.19. The average Bonchev–Trinajstić information content (AvgIpc) is 2.61. The molecule has 0 aliphatic carbocycles. The van der Waals surface area contributed by atoms with Crippen LogP contribution in [0.1, 0.15) is 25.6 Å². The Balaban J connectivity index is 2.93. The third-order valence-electron chi connectivity index (χ3n) is 2.43. The van der Waals surface area contributed by atoms with Crippen LogP contribution in [-0.4, -0.2) is 27.5 Å². The van der Waals surface area contributed by atoms with Gasteiger partial charge in [-0.25, -0.2) is 4.98 Å². The van der Waals surface area contributed by atoms with Crippen LogP contribution in [0.15, 0.2) is 12.5 Å². The molecular weight excluding hydrogens is 176 g/mol. The summed E-state index contributed by atoms with van der Waals surface area (Å²) in [6.45, 7) is 5.87. The molecule has 1 aromatic rings. The van der Waals surface area contributed by atoms with E-state index in [1.807, 2.05) is 11.6 Å². The van der Waals surface area contributed by atoms with E-state index in [1.165, 1.54) is 0 Å². The molecule has 1 rings (SSSR count). The first-order valence-corrected chi connectivity index (χ1v) is 4.84. The molecule has 0 saturated heterocycles. The number of aromatic nitrogens is 2. The van der Waals surface area contributed by atoms with E-state index in [1.54, 1.807) is 12.5 Å². The van der Waals surface area contributed by atoms with E-state index in [9.17, 15) is 0 Å². The molecule has 0 N–H and O–H groups in total. The summed E-state index contributed by atoms with van der Waals surface area (Å²) in [5, 5.41) is 9.12. The van der Waals surface area contributed by atoms with Crippen molar-refractivity contribution in [2.75, 3.05) is 13.1 Å². The molecule has 76 valence electrons. The fourth-order valence-electron chi connectivity index (χ4n) is 1.55. The molecule has 0 saturated carbocycles. The van der Waals surface area contributed by atoms with E-state index >= 15 is 0 Å². The number of aryl methyl sites for hydroxylation is 1. The van der Waals surface area contributed by atoms with Crippen molar-refractivity contribution in [1.29, 1.82) is 5.26 Å². The molecule has 1 aromatic heterocycles. The van der Waals surface area contributed by atoms with Gasteiger partial charge in [-0.3, -0.25) is 4.90 Å². The van der Waals surface area contributed by atoms with Crippen LogP contribution in [0.25, 0.3) is 0 Å². The lowest BCUT2D eigenvalue weighted by molar-refractivity contribution is 0.255. The molecule has 1 atom stereocenters. The zero-order valence-electron chi connectivity index (χ0n) is 8.94. The van der Waals surface area contributed by atoms with Gasteiger partial charge >= 0.3 is 0 Å². The van der Waals surface area contributed by atoms with Crippen molar-refractivity contribution in [2.45, 2.75) is 19.9 Å². The molecule has 14 heavy (non-hydrogen) atoms. The third-order valence-corrected chi connectivity index (χ3v) is 2.43. The molecule has 0 aromatic carbocycles. The fourth-order valence-corrected chi connectivity index (χ4v) is 1.55. The monoisotopic (exact) mass is 192 g/mol. The summed E-state index contributed by atoms with van der Waals surface area (Å²) in [4.78, 5) is 6.13. The largest absolute Gasteiger partial charge is 0.335 e. The average molecular weight is 192 g/mol. The predicted molar refractivity (Wildman–Crippen MR) is 54.5 cm³/mol. The van der Waals surface area contributed by atoms with E-state index < -0.39 is 0 Å². The second kappa shape index (κ2) is 4.77. The van der Waals surface area contributed by atoms with Crippen LogP contribution in [0.5, 0.6) is 0 Å². The maximum atomic E-state index is 9.12. The Morgan fingerprint density at radius 2 is 2.21 bits per heavy atom. The van der Waals surface area contributed by atoms with Gasteiger partial charge in [0.05, 0.1) is 24.3 Å². The first-order valence-electron chi connectivity index (χ1n) is 4.84. The van der Waals surface area contributed by atoms with Crippen molar-refractivity contribution >= 4 is 0 Å². The third kappa shape index (κ3) is 1.94. The van der Waals surface area contributed by atoms with Gasteiger partial charge in [-0.2, -0.15) is 5.26 Å². The second-order valence-corrected chi connectivity index (χ2v) is 3.18. The van der Waals surface area contributed by atoms with Gasteiger partial charge in [0, 0.05) is 7.05 Å². The van der Waals surface area contributed by atoms with Crippen LogP contribution >= 0.6 is 0 Å². The number of nitriles is 1. The van der Waals surface area contributed by atoms with Crippen LogP contribution in [-0.2, 0) is 7.05 Å². The molecule has 4 nitrogen and oxygen atoms in total. The molecule has 1 heterocycles. The van der Waals surface area contributed by atoms with E-state index in [0.717, 1.165) is 18.8 Å². The standard InChI is InChI=1S/C10H16N4/c1-4-14(5-2)9(6-11)10-7-12-8-13(10)3/h7-9H,4-5H2,1-3H3. The van der Waals surface area contributed by atoms with Gasteiger partial charge in [0.15, 0.2) is 0 Å². The van der Waals surface area contributed by atoms with Crippen LogP contribution in [0, 0.1) is 11.3 Å². The minimum Gasteiger partial charge on any atom is -0.335 e. The zero-order chi connectivity index (χ0) is 10.6. The lowest BCUT2D eigenvalue weighted by atomic mass is 10.2. The van der Waals surface area contributed by atoms with Crippen molar-refractivity contribution in [1.82, 2.24) is 14.5 Å². The number of hydrogen-bond donors (Lipinski definition) is 0. The maximum Gasteiger partial charge on any atom is 0.140 e. The fraction of sp³-hybridized carbons (Fsp3) is 0.600. The Labute approximate surface area is 84.8 Å². The first kappa shape index (κ1) is 10.7. The number of imidazole rings is 1. The first-order chi connectivity index (χ1) is 6.74. The Kier molecular flexibility index (Phi) is 3.66. The highest BCUT2D eigenvalue weighted by atomic mass is 15.2. The lowest BCUT2D eigenvalue weighted by Crippen LogP contribution is -2.28. The molecule has 0 aliphatic rings. The smallest absolute Gasteiger partial charge is 0.140 e. The Morgan fingerprint density at radius 1 is 1.57 bits per heavy atom. The van der Waals surface area contributed by atoms with Gasteiger partial charge in [0.2, 0.25) is 0 Å². The summed E-state index contributed by atoms with van der Waals surface area (Å²) < 4.78 is 1.90. The molecule has 4 heteroatoms. The van der Waals surface area contributed by atoms with Gasteiger partial charge in [-0.1, -0.05) is 13.8 Å². The van der Waals surface area contributed by atoms with Gasteiger partial charge < -0.3 is 4.57 Å². The van der Waals surface area contributed by atoms with Crippen LogP contribution in [0.2, 0.25) is 0 Å². The Bertz CT molecular complexity index is 319. The van der Waals surface area contributed by atoms with Gasteiger partial charge in [-0.05, 0) is 13.1 Å². The van der Waals surface area contributed by atoms with Crippen molar-refractivity contribution < 1.29 is 0 Å². The van der Waals surface area contributed by atoms with Crippen LogP contribution < -0.4 is 0 Å². The number of rotatable bonds is 4. The normalized spacial score (nSPS) is 12.8. The van der Waals surface area contributed by atoms with E-state index in [0.29, 0.717) is 0 Å². The molecular formula is C10H16N4. The predicted octanol–water partition coefficient (Wildman–Crippen LogP) is 1.33. The van der Waals surface area contributed by atoms with Gasteiger partial charge in [0.1, 0.15) is 6.04 Å². The lowest BCUT2D eigenvalue weighted by Gasteiger charge is -2.23. The molecule has 1 unspecified atom stereocenters. The summed E-state index contributed by atoms with van der Waals surface area (Å²) in [7, 11) is 1.91. The summed E-state index contributed by atoms with van der Waals surface area (Å²) in [5.74, 6) is 0. The van der Waals surface area contributed by atoms with Gasteiger partial charge in [-0.15, -0.1) is 0 Å². The summed E-state index contributed by atoms with van der Waals surface area (Å²) in [6.07, 6.45) is 3.48. The molecule has 0 fully saturated rings. The summed E-state index contributed by atoms with van der Waals surface area (Å²) in [5.41, 5.74) is 0.955. The SMILES string of the molecule is CCN(CC)C(C#N)c1cncn1C. The van der Waals surface area contributed by atoms with E-state index in [-0.39, 0.29) is 6.04 Å². The topological polar surface area (TPSA) is 44.9 Å². The van der Waals surface area contributed by atoms with Gasteiger partial charge in [0.25, 0.3) is 0 Å². The van der Waals surface area contributed by atoms with Crippen molar-refractivity contribution in [3.8, 4) is 6.07 Å². The maximum absolute atomic E-state index is 9.12. The molecule has 0 bridgehead atoms. The Hall–Kier alpha value is -1.34. The quantitative estimate of drug-likeness (QED) is 0.723.